The highest BCUT2D eigenvalue weighted by molar-refractivity contribution is 7.99. The van der Waals surface area contributed by atoms with E-state index in [1.54, 1.807) is 25.4 Å². The van der Waals surface area contributed by atoms with Crippen LogP contribution in [0.1, 0.15) is 17.3 Å². The molecule has 4 rings (SSSR count). The fourth-order valence-corrected chi connectivity index (χ4v) is 3.99. The van der Waals surface area contributed by atoms with Gasteiger partial charge in [0.15, 0.2) is 5.16 Å². The number of fused-ring (bicyclic) bond motifs is 1. The second kappa shape index (κ2) is 8.23. The molecular formula is C21H18FN5O3S. The van der Waals surface area contributed by atoms with E-state index in [1.807, 2.05) is 11.6 Å². The van der Waals surface area contributed by atoms with Crippen molar-refractivity contribution in [1.29, 1.82) is 0 Å². The number of H-pyrrole nitrogens is 1. The molecule has 10 heteroatoms. The van der Waals surface area contributed by atoms with Gasteiger partial charge in [-0.1, -0.05) is 0 Å². The lowest BCUT2D eigenvalue weighted by Gasteiger charge is -2.11. The van der Waals surface area contributed by atoms with E-state index in [1.165, 1.54) is 42.1 Å². The minimum atomic E-state index is -0.545. The Balaban J connectivity index is 1.68. The highest BCUT2D eigenvalue weighted by Crippen LogP contribution is 2.33. The lowest BCUT2D eigenvalue weighted by Crippen LogP contribution is -2.34. The molecule has 2 N–H and O–H groups in total. The first kappa shape index (κ1) is 20.6. The molecule has 2 heterocycles. The van der Waals surface area contributed by atoms with Crippen LogP contribution in [-0.4, -0.2) is 25.0 Å². The number of benzene rings is 2. The third kappa shape index (κ3) is 4.02. The number of aromatic amines is 1. The highest BCUT2D eigenvalue weighted by Gasteiger charge is 2.15. The number of halogens is 1. The molecule has 0 atom stereocenters. The molecule has 1 amide bonds. The quantitative estimate of drug-likeness (QED) is 0.498. The first-order valence-electron chi connectivity index (χ1n) is 9.40. The van der Waals surface area contributed by atoms with Crippen molar-refractivity contribution in [3.05, 3.63) is 81.0 Å². The first-order valence-corrected chi connectivity index (χ1v) is 10.2. The molecule has 0 bridgehead atoms. The van der Waals surface area contributed by atoms with Crippen molar-refractivity contribution in [1.82, 2.24) is 19.1 Å². The Kier molecular flexibility index (Phi) is 5.47. The number of carbonyl (C=O) groups is 1. The van der Waals surface area contributed by atoms with Crippen LogP contribution in [0.5, 0.6) is 0 Å². The van der Waals surface area contributed by atoms with Crippen molar-refractivity contribution in [2.24, 2.45) is 7.05 Å². The van der Waals surface area contributed by atoms with Gasteiger partial charge in [-0.15, -0.1) is 0 Å². The van der Waals surface area contributed by atoms with Crippen molar-refractivity contribution in [3.8, 4) is 0 Å². The number of aryl methyl sites for hydroxylation is 1. The van der Waals surface area contributed by atoms with Crippen molar-refractivity contribution in [2.75, 3.05) is 5.32 Å². The molecule has 2 aromatic carbocycles. The summed E-state index contributed by atoms with van der Waals surface area (Å²) in [6.07, 6.45) is 3.43. The number of nitrogens with zero attached hydrogens (tertiary/aromatic N) is 3. The number of anilines is 1. The summed E-state index contributed by atoms with van der Waals surface area (Å²) in [5, 5.41) is 3.68. The van der Waals surface area contributed by atoms with Crippen LogP contribution >= 0.6 is 11.8 Å². The van der Waals surface area contributed by atoms with Crippen molar-refractivity contribution in [3.63, 3.8) is 0 Å². The maximum absolute atomic E-state index is 13.9. The average molecular weight is 439 g/mol. The molecule has 31 heavy (non-hydrogen) atoms. The summed E-state index contributed by atoms with van der Waals surface area (Å²) in [7, 11) is 1.83. The van der Waals surface area contributed by atoms with E-state index >= 15 is 0 Å². The Hall–Kier alpha value is -3.66. The smallest absolute Gasteiger partial charge is 0.328 e. The summed E-state index contributed by atoms with van der Waals surface area (Å²) in [4.78, 5) is 44.8. The maximum atomic E-state index is 13.9. The number of hydrogen-bond acceptors (Lipinski definition) is 5. The minimum Gasteiger partial charge on any atom is -0.329 e. The van der Waals surface area contributed by atoms with Crippen LogP contribution < -0.4 is 16.6 Å². The molecule has 0 unspecified atom stereocenters. The third-order valence-corrected chi connectivity index (χ3v) is 5.88. The number of nitrogens with one attached hydrogen (secondary N) is 2. The van der Waals surface area contributed by atoms with Gasteiger partial charge in [0, 0.05) is 36.4 Å². The Bertz CT molecular complexity index is 1420. The van der Waals surface area contributed by atoms with E-state index in [9.17, 15) is 18.8 Å². The van der Waals surface area contributed by atoms with Gasteiger partial charge in [-0.25, -0.2) is 14.2 Å². The van der Waals surface area contributed by atoms with Crippen LogP contribution in [0.25, 0.3) is 10.9 Å². The molecule has 0 saturated heterocycles. The number of aromatic nitrogens is 4. The standard InChI is InChI=1S/C21H18FN5O3S/c1-3-27-19(29)14-6-4-12(10-15(14)25-20(27)30)18(28)24-16-11-13(22)5-7-17(16)31-21-23-8-9-26(21)2/h4-11H,3H2,1-2H3,(H,24,28)(H,25,30). The topological polar surface area (TPSA) is 102 Å². The molecule has 0 saturated carbocycles. The van der Waals surface area contributed by atoms with Crippen molar-refractivity contribution >= 4 is 34.3 Å². The zero-order chi connectivity index (χ0) is 22.1. The fraction of sp³-hybridized carbons (Fsp3) is 0.143. The summed E-state index contributed by atoms with van der Waals surface area (Å²) >= 11 is 1.28. The Labute approximate surface area is 179 Å². The van der Waals surface area contributed by atoms with Crippen LogP contribution in [0.2, 0.25) is 0 Å². The van der Waals surface area contributed by atoms with Crippen LogP contribution in [-0.2, 0) is 13.6 Å². The summed E-state index contributed by atoms with van der Waals surface area (Å²) in [5.41, 5.74) is -0.209. The number of carbonyl (C=O) groups excluding carboxylic acids is 1. The molecule has 0 aliphatic heterocycles. The van der Waals surface area contributed by atoms with E-state index in [4.69, 9.17) is 0 Å². The number of imidazole rings is 1. The molecule has 2 aromatic heterocycles. The molecule has 8 nitrogen and oxygen atoms in total. The molecule has 0 radical (unpaired) electrons. The van der Waals surface area contributed by atoms with E-state index < -0.39 is 23.0 Å². The highest BCUT2D eigenvalue weighted by atomic mass is 32.2. The Morgan fingerprint density at radius 3 is 2.74 bits per heavy atom. The second-order valence-corrected chi connectivity index (χ2v) is 7.77. The van der Waals surface area contributed by atoms with Crippen LogP contribution in [0.15, 0.2) is 68.4 Å². The predicted molar refractivity (Wildman–Crippen MR) is 116 cm³/mol. The number of rotatable bonds is 5. The van der Waals surface area contributed by atoms with Gasteiger partial charge in [0.05, 0.1) is 16.6 Å². The summed E-state index contributed by atoms with van der Waals surface area (Å²) in [6, 6.07) is 8.51. The first-order chi connectivity index (χ1) is 14.9. The minimum absolute atomic E-state index is 0.217. The van der Waals surface area contributed by atoms with Crippen LogP contribution in [0.3, 0.4) is 0 Å². The average Bonchev–Trinajstić information content (AvgIpc) is 3.14. The zero-order valence-corrected chi connectivity index (χ0v) is 17.5. The van der Waals surface area contributed by atoms with E-state index in [0.29, 0.717) is 15.4 Å². The summed E-state index contributed by atoms with van der Waals surface area (Å²) in [5.74, 6) is -1.00. The van der Waals surface area contributed by atoms with Gasteiger partial charge in [0.1, 0.15) is 5.82 Å². The lowest BCUT2D eigenvalue weighted by atomic mass is 10.1. The second-order valence-electron chi connectivity index (χ2n) is 6.76. The number of hydrogen-bond donors (Lipinski definition) is 2. The van der Waals surface area contributed by atoms with Gasteiger partial charge >= 0.3 is 5.69 Å². The Morgan fingerprint density at radius 2 is 2.03 bits per heavy atom. The van der Waals surface area contributed by atoms with E-state index in [-0.39, 0.29) is 23.3 Å². The fourth-order valence-electron chi connectivity index (χ4n) is 3.11. The molecule has 4 aromatic rings. The lowest BCUT2D eigenvalue weighted by molar-refractivity contribution is 0.102. The monoisotopic (exact) mass is 439 g/mol. The molecule has 0 spiro atoms. The SMILES string of the molecule is CCn1c(=O)[nH]c2cc(C(=O)Nc3cc(F)ccc3Sc3nccn3C)ccc2c1=O. The molecule has 158 valence electrons. The van der Waals surface area contributed by atoms with Crippen molar-refractivity contribution in [2.45, 2.75) is 23.5 Å². The molecule has 0 aliphatic rings. The van der Waals surface area contributed by atoms with Gasteiger partial charge in [-0.3, -0.25) is 14.2 Å². The third-order valence-electron chi connectivity index (χ3n) is 4.73. The van der Waals surface area contributed by atoms with Gasteiger partial charge in [-0.2, -0.15) is 0 Å². The van der Waals surface area contributed by atoms with Gasteiger partial charge < -0.3 is 14.9 Å². The van der Waals surface area contributed by atoms with E-state index in [0.717, 1.165) is 4.57 Å². The zero-order valence-electron chi connectivity index (χ0n) is 16.7. The Morgan fingerprint density at radius 1 is 1.23 bits per heavy atom. The van der Waals surface area contributed by atoms with Gasteiger partial charge in [0.25, 0.3) is 11.5 Å². The normalized spacial score (nSPS) is 11.1. The van der Waals surface area contributed by atoms with E-state index in [2.05, 4.69) is 15.3 Å². The molecule has 0 aliphatic carbocycles. The number of amides is 1. The molecular weight excluding hydrogens is 421 g/mol. The van der Waals surface area contributed by atoms with Gasteiger partial charge in [0.2, 0.25) is 0 Å². The molecule has 0 fully saturated rings. The predicted octanol–water partition coefficient (Wildman–Crippen LogP) is 2.99. The van der Waals surface area contributed by atoms with Crippen molar-refractivity contribution < 1.29 is 9.18 Å². The largest absolute Gasteiger partial charge is 0.329 e. The summed E-state index contributed by atoms with van der Waals surface area (Å²) in [6.45, 7) is 1.94. The van der Waals surface area contributed by atoms with Crippen LogP contribution in [0.4, 0.5) is 10.1 Å². The van der Waals surface area contributed by atoms with Gasteiger partial charge in [-0.05, 0) is 55.1 Å². The van der Waals surface area contributed by atoms with Crippen LogP contribution in [0, 0.1) is 5.82 Å². The maximum Gasteiger partial charge on any atom is 0.328 e. The summed E-state index contributed by atoms with van der Waals surface area (Å²) < 4.78 is 16.8.